The van der Waals surface area contributed by atoms with Gasteiger partial charge in [0.05, 0.1) is 13.2 Å². The quantitative estimate of drug-likeness (QED) is 0.270. The van der Waals surface area contributed by atoms with Gasteiger partial charge in [0.25, 0.3) is 0 Å². The van der Waals surface area contributed by atoms with E-state index in [0.717, 1.165) is 11.1 Å². The number of benzene rings is 2. The van der Waals surface area contributed by atoms with E-state index in [0.29, 0.717) is 38.5 Å². The average molecular weight is 497 g/mol. The number of carbonyl (C=O) groups excluding carboxylic acids is 4. The Bertz CT molecular complexity index is 965. The van der Waals surface area contributed by atoms with Crippen molar-refractivity contribution in [2.45, 2.75) is 64.0 Å². The van der Waals surface area contributed by atoms with Crippen molar-refractivity contribution in [1.29, 1.82) is 0 Å². The van der Waals surface area contributed by atoms with Gasteiger partial charge >= 0.3 is 11.9 Å². The van der Waals surface area contributed by atoms with Gasteiger partial charge in [0.1, 0.15) is 17.9 Å². The van der Waals surface area contributed by atoms with E-state index < -0.39 is 24.0 Å². The summed E-state index contributed by atoms with van der Waals surface area (Å²) in [6.45, 7) is 1.63. The van der Waals surface area contributed by atoms with Crippen molar-refractivity contribution in [3.05, 3.63) is 71.8 Å². The van der Waals surface area contributed by atoms with Crippen LogP contribution in [0.5, 0.6) is 0 Å². The van der Waals surface area contributed by atoms with E-state index in [4.69, 9.17) is 15.2 Å². The zero-order valence-corrected chi connectivity index (χ0v) is 20.8. The third-order valence-electron chi connectivity index (χ3n) is 5.46. The molecule has 3 N–H and O–H groups in total. The second-order valence-corrected chi connectivity index (χ2v) is 8.70. The molecule has 0 saturated carbocycles. The van der Waals surface area contributed by atoms with Crippen LogP contribution in [0.2, 0.25) is 0 Å². The summed E-state index contributed by atoms with van der Waals surface area (Å²) >= 11 is 0. The van der Waals surface area contributed by atoms with Gasteiger partial charge in [-0.1, -0.05) is 60.7 Å². The maximum absolute atomic E-state index is 12.7. The van der Waals surface area contributed by atoms with Gasteiger partial charge in [-0.25, -0.2) is 4.79 Å². The third kappa shape index (κ3) is 11.8. The summed E-state index contributed by atoms with van der Waals surface area (Å²) in [5.74, 6) is -1.24. The number of hydrogen-bond donors (Lipinski definition) is 2. The number of nitrogens with one attached hydrogen (secondary N) is 1. The molecule has 2 atom stereocenters. The van der Waals surface area contributed by atoms with Crippen LogP contribution in [0.15, 0.2) is 60.7 Å². The summed E-state index contributed by atoms with van der Waals surface area (Å²) in [5.41, 5.74) is 7.75. The first kappa shape index (κ1) is 28.7. The first-order chi connectivity index (χ1) is 17.3. The number of carbonyl (C=O) groups is 4. The minimum atomic E-state index is -0.838. The zero-order valence-electron chi connectivity index (χ0n) is 20.8. The molecule has 0 aliphatic heterocycles. The van der Waals surface area contributed by atoms with Crippen molar-refractivity contribution in [3.63, 3.8) is 0 Å². The predicted molar refractivity (Wildman–Crippen MR) is 136 cm³/mol. The van der Waals surface area contributed by atoms with E-state index in [-0.39, 0.29) is 31.3 Å². The highest BCUT2D eigenvalue weighted by atomic mass is 16.5. The fourth-order valence-corrected chi connectivity index (χ4v) is 3.53. The molecule has 2 aromatic rings. The molecular formula is C28H36N2O6. The second-order valence-electron chi connectivity index (χ2n) is 8.70. The summed E-state index contributed by atoms with van der Waals surface area (Å²) in [6.07, 6.45) is 2.84. The van der Waals surface area contributed by atoms with Gasteiger partial charge in [0.2, 0.25) is 5.91 Å². The van der Waals surface area contributed by atoms with Gasteiger partial charge in [0, 0.05) is 25.7 Å². The van der Waals surface area contributed by atoms with E-state index in [1.807, 2.05) is 60.7 Å². The number of ketones is 1. The maximum Gasteiger partial charge on any atom is 0.328 e. The van der Waals surface area contributed by atoms with E-state index in [1.165, 1.54) is 6.92 Å². The standard InChI is InChI=1S/C28H36N2O6/c1-21(31)11-8-9-16-26(32)30-25(20-23-14-6-3-7-15-23)28(34)36-18-10-17-35-27(33)24(29)19-22-12-4-2-5-13-22/h2-7,12-15,24-25H,8-11,16-20,29H2,1H3,(H,30,32). The average Bonchev–Trinajstić information content (AvgIpc) is 2.87. The number of Topliss-reactive ketones (excluding diaryl/α,β-unsaturated/α-hetero) is 1. The molecule has 2 aromatic carbocycles. The Morgan fingerprint density at radius 1 is 0.750 bits per heavy atom. The normalized spacial score (nSPS) is 12.3. The summed E-state index contributed by atoms with van der Waals surface area (Å²) in [7, 11) is 0. The molecule has 0 saturated heterocycles. The molecule has 2 unspecified atom stereocenters. The van der Waals surface area contributed by atoms with Crippen molar-refractivity contribution >= 4 is 23.6 Å². The fraction of sp³-hybridized carbons (Fsp3) is 0.429. The van der Waals surface area contributed by atoms with Gasteiger partial charge in [-0.3, -0.25) is 9.59 Å². The molecule has 0 radical (unpaired) electrons. The minimum absolute atomic E-state index is 0.0415. The molecule has 1 amide bonds. The zero-order chi connectivity index (χ0) is 26.2. The summed E-state index contributed by atoms with van der Waals surface area (Å²) < 4.78 is 10.6. The van der Waals surface area contributed by atoms with Crippen LogP contribution in [-0.4, -0.2) is 48.9 Å². The molecule has 0 bridgehead atoms. The van der Waals surface area contributed by atoms with E-state index in [9.17, 15) is 19.2 Å². The van der Waals surface area contributed by atoms with Crippen LogP contribution in [0.3, 0.4) is 0 Å². The van der Waals surface area contributed by atoms with Crippen molar-refractivity contribution in [1.82, 2.24) is 5.32 Å². The Kier molecular flexibility index (Phi) is 12.9. The minimum Gasteiger partial charge on any atom is -0.464 e. The van der Waals surface area contributed by atoms with E-state index in [2.05, 4.69) is 5.32 Å². The lowest BCUT2D eigenvalue weighted by Gasteiger charge is -2.18. The largest absolute Gasteiger partial charge is 0.464 e. The van der Waals surface area contributed by atoms with E-state index in [1.54, 1.807) is 0 Å². The van der Waals surface area contributed by atoms with Crippen LogP contribution in [0, 0.1) is 0 Å². The van der Waals surface area contributed by atoms with Gasteiger partial charge in [-0.2, -0.15) is 0 Å². The highest BCUT2D eigenvalue weighted by Crippen LogP contribution is 2.08. The lowest BCUT2D eigenvalue weighted by Crippen LogP contribution is -2.43. The Hall–Kier alpha value is -3.52. The molecule has 0 spiro atoms. The Labute approximate surface area is 212 Å². The van der Waals surface area contributed by atoms with Crippen LogP contribution in [0.25, 0.3) is 0 Å². The molecule has 194 valence electrons. The highest BCUT2D eigenvalue weighted by molar-refractivity contribution is 5.84. The number of hydrogen-bond acceptors (Lipinski definition) is 7. The highest BCUT2D eigenvalue weighted by Gasteiger charge is 2.23. The molecule has 0 aromatic heterocycles. The molecule has 0 fully saturated rings. The first-order valence-corrected chi connectivity index (χ1v) is 12.3. The number of nitrogens with two attached hydrogens (primary N) is 1. The van der Waals surface area contributed by atoms with Gasteiger partial charge in [-0.05, 0) is 37.3 Å². The summed E-state index contributed by atoms with van der Waals surface area (Å²) in [6, 6.07) is 17.2. The first-order valence-electron chi connectivity index (χ1n) is 12.3. The Morgan fingerprint density at radius 2 is 1.28 bits per heavy atom. The van der Waals surface area contributed by atoms with Crippen LogP contribution in [-0.2, 0) is 41.5 Å². The molecule has 8 heteroatoms. The van der Waals surface area contributed by atoms with Gasteiger partial charge < -0.3 is 25.3 Å². The summed E-state index contributed by atoms with van der Waals surface area (Å²) in [4.78, 5) is 48.2. The van der Waals surface area contributed by atoms with Crippen molar-refractivity contribution in [2.24, 2.45) is 5.73 Å². The molecule has 0 heterocycles. The Balaban J connectivity index is 1.76. The topological polar surface area (TPSA) is 125 Å². The Morgan fingerprint density at radius 3 is 1.86 bits per heavy atom. The summed E-state index contributed by atoms with van der Waals surface area (Å²) in [5, 5.41) is 2.75. The van der Waals surface area contributed by atoms with Crippen LogP contribution < -0.4 is 11.1 Å². The number of rotatable bonds is 16. The third-order valence-corrected chi connectivity index (χ3v) is 5.46. The lowest BCUT2D eigenvalue weighted by molar-refractivity contribution is -0.149. The molecule has 2 rings (SSSR count). The monoisotopic (exact) mass is 496 g/mol. The SMILES string of the molecule is CC(=O)CCCCC(=O)NC(Cc1ccccc1)C(=O)OCCCOC(=O)C(N)Cc1ccccc1. The van der Waals surface area contributed by atoms with E-state index >= 15 is 0 Å². The second kappa shape index (κ2) is 16.2. The van der Waals surface area contributed by atoms with Gasteiger partial charge in [-0.15, -0.1) is 0 Å². The number of ether oxygens (including phenoxy) is 2. The number of esters is 2. The predicted octanol–water partition coefficient (Wildman–Crippen LogP) is 2.91. The smallest absolute Gasteiger partial charge is 0.328 e. The van der Waals surface area contributed by atoms with Crippen molar-refractivity contribution in [2.75, 3.05) is 13.2 Å². The number of amides is 1. The molecule has 0 aliphatic rings. The molecule has 0 aliphatic carbocycles. The molecular weight excluding hydrogens is 460 g/mol. The number of unbranched alkanes of at least 4 members (excludes halogenated alkanes) is 1. The van der Waals surface area contributed by atoms with Crippen molar-refractivity contribution in [3.8, 4) is 0 Å². The fourth-order valence-electron chi connectivity index (χ4n) is 3.53. The lowest BCUT2D eigenvalue weighted by atomic mass is 10.1. The molecule has 8 nitrogen and oxygen atoms in total. The van der Waals surface area contributed by atoms with Crippen molar-refractivity contribution < 1.29 is 28.7 Å². The van der Waals surface area contributed by atoms with Crippen LogP contribution in [0.4, 0.5) is 0 Å². The van der Waals surface area contributed by atoms with Gasteiger partial charge in [0.15, 0.2) is 0 Å². The maximum atomic E-state index is 12.7. The van der Waals surface area contributed by atoms with Crippen LogP contribution in [0.1, 0.15) is 50.2 Å². The molecule has 36 heavy (non-hydrogen) atoms. The van der Waals surface area contributed by atoms with Crippen LogP contribution >= 0.6 is 0 Å².